The Morgan fingerprint density at radius 1 is 1.32 bits per heavy atom. The smallest absolute Gasteiger partial charge is 0.241 e. The van der Waals surface area contributed by atoms with E-state index in [0.717, 1.165) is 44.0 Å². The molecule has 1 saturated heterocycles. The SMILES string of the molecule is CN1CCCN(c2cc(Cl)nc(C3CC3)n2)CC1=O. The Hall–Kier alpha value is -1.36. The lowest BCUT2D eigenvalue weighted by Crippen LogP contribution is -2.34. The van der Waals surface area contributed by atoms with Crippen LogP contribution in [0, 0.1) is 0 Å². The minimum absolute atomic E-state index is 0.125. The number of hydrogen-bond donors (Lipinski definition) is 0. The van der Waals surface area contributed by atoms with Crippen molar-refractivity contribution in [2.24, 2.45) is 0 Å². The molecule has 0 N–H and O–H groups in total. The lowest BCUT2D eigenvalue weighted by atomic mass is 10.3. The van der Waals surface area contributed by atoms with Gasteiger partial charge < -0.3 is 9.80 Å². The maximum absolute atomic E-state index is 11.9. The highest BCUT2D eigenvalue weighted by molar-refractivity contribution is 6.29. The molecule has 2 heterocycles. The maximum Gasteiger partial charge on any atom is 0.241 e. The van der Waals surface area contributed by atoms with Crippen LogP contribution in [0.15, 0.2) is 6.07 Å². The summed E-state index contributed by atoms with van der Waals surface area (Å²) in [5, 5.41) is 0.469. The lowest BCUT2D eigenvalue weighted by Gasteiger charge is -2.21. The van der Waals surface area contributed by atoms with E-state index in [2.05, 4.69) is 9.97 Å². The Morgan fingerprint density at radius 3 is 2.84 bits per heavy atom. The van der Waals surface area contributed by atoms with Crippen LogP contribution in [0.5, 0.6) is 0 Å². The third kappa shape index (κ3) is 2.81. The summed E-state index contributed by atoms with van der Waals surface area (Å²) in [5.41, 5.74) is 0. The first kappa shape index (κ1) is 12.7. The standard InChI is InChI=1S/C13H17ClN4O/c1-17-5-2-6-18(8-12(17)19)11-7-10(14)15-13(16-11)9-3-4-9/h7,9H,2-6,8H2,1H3. The molecule has 3 rings (SSSR count). The van der Waals surface area contributed by atoms with Gasteiger partial charge in [0.2, 0.25) is 5.91 Å². The maximum atomic E-state index is 11.9. The molecule has 2 fully saturated rings. The number of halogens is 1. The second-order valence-corrected chi connectivity index (χ2v) is 5.66. The molecule has 6 heteroatoms. The average molecular weight is 281 g/mol. The van der Waals surface area contributed by atoms with Gasteiger partial charge in [-0.3, -0.25) is 4.79 Å². The van der Waals surface area contributed by atoms with E-state index in [4.69, 9.17) is 11.6 Å². The zero-order valence-corrected chi connectivity index (χ0v) is 11.7. The number of carbonyl (C=O) groups excluding carboxylic acids is 1. The minimum Gasteiger partial charge on any atom is -0.347 e. The number of likely N-dealkylation sites (N-methyl/N-ethyl adjacent to an activating group) is 1. The van der Waals surface area contributed by atoms with Crippen LogP contribution in [-0.2, 0) is 4.79 Å². The molecule has 5 nitrogen and oxygen atoms in total. The summed E-state index contributed by atoms with van der Waals surface area (Å²) in [6.07, 6.45) is 3.23. The Morgan fingerprint density at radius 2 is 2.11 bits per heavy atom. The van der Waals surface area contributed by atoms with Crippen molar-refractivity contribution in [3.63, 3.8) is 0 Å². The molecule has 1 aliphatic carbocycles. The molecule has 1 amide bonds. The Bertz CT molecular complexity index is 503. The summed E-state index contributed by atoms with van der Waals surface area (Å²) in [6, 6.07) is 1.76. The number of aromatic nitrogens is 2. The van der Waals surface area contributed by atoms with Gasteiger partial charge in [-0.2, -0.15) is 0 Å². The molecule has 0 spiro atoms. The topological polar surface area (TPSA) is 49.3 Å². The van der Waals surface area contributed by atoms with E-state index in [-0.39, 0.29) is 5.91 Å². The fourth-order valence-electron chi connectivity index (χ4n) is 2.29. The third-order valence-electron chi connectivity index (χ3n) is 3.64. The van der Waals surface area contributed by atoms with Crippen molar-refractivity contribution in [2.75, 3.05) is 31.6 Å². The molecule has 0 aromatic carbocycles. The molecule has 1 aliphatic heterocycles. The molecule has 0 bridgehead atoms. The highest BCUT2D eigenvalue weighted by Gasteiger charge is 2.28. The van der Waals surface area contributed by atoms with E-state index in [1.807, 2.05) is 11.9 Å². The van der Waals surface area contributed by atoms with Crippen LogP contribution in [0.2, 0.25) is 5.15 Å². The van der Waals surface area contributed by atoms with Gasteiger partial charge in [0.05, 0.1) is 6.54 Å². The number of hydrogen-bond acceptors (Lipinski definition) is 4. The number of rotatable bonds is 2. The van der Waals surface area contributed by atoms with E-state index in [1.165, 1.54) is 0 Å². The Labute approximate surface area is 117 Å². The van der Waals surface area contributed by atoms with Crippen molar-refractivity contribution in [2.45, 2.75) is 25.2 Å². The van der Waals surface area contributed by atoms with Crippen molar-refractivity contribution in [3.8, 4) is 0 Å². The van der Waals surface area contributed by atoms with Gasteiger partial charge in [0.15, 0.2) is 0 Å². The van der Waals surface area contributed by atoms with Crippen molar-refractivity contribution < 1.29 is 4.79 Å². The van der Waals surface area contributed by atoms with Gasteiger partial charge in [0, 0.05) is 32.1 Å². The summed E-state index contributed by atoms with van der Waals surface area (Å²) >= 11 is 6.07. The second-order valence-electron chi connectivity index (χ2n) is 5.27. The summed E-state index contributed by atoms with van der Waals surface area (Å²) in [4.78, 5) is 24.6. The van der Waals surface area contributed by atoms with Gasteiger partial charge >= 0.3 is 0 Å². The number of carbonyl (C=O) groups is 1. The molecule has 1 saturated carbocycles. The minimum atomic E-state index is 0.125. The summed E-state index contributed by atoms with van der Waals surface area (Å²) in [6.45, 7) is 1.99. The van der Waals surface area contributed by atoms with Crippen molar-refractivity contribution in [3.05, 3.63) is 17.0 Å². The van der Waals surface area contributed by atoms with E-state index in [0.29, 0.717) is 17.6 Å². The van der Waals surface area contributed by atoms with Gasteiger partial charge in [0.25, 0.3) is 0 Å². The van der Waals surface area contributed by atoms with Crippen molar-refractivity contribution in [1.82, 2.24) is 14.9 Å². The Balaban J connectivity index is 1.86. The molecule has 1 aromatic rings. The molecule has 1 aromatic heterocycles. The summed E-state index contributed by atoms with van der Waals surface area (Å²) in [5.74, 6) is 2.20. The largest absolute Gasteiger partial charge is 0.347 e. The fourth-order valence-corrected chi connectivity index (χ4v) is 2.48. The van der Waals surface area contributed by atoms with Gasteiger partial charge in [-0.15, -0.1) is 0 Å². The first-order chi connectivity index (χ1) is 9.13. The normalized spacial score (nSPS) is 20.6. The summed E-state index contributed by atoms with van der Waals surface area (Å²) < 4.78 is 0. The highest BCUT2D eigenvalue weighted by Crippen LogP contribution is 2.39. The number of nitrogens with zero attached hydrogens (tertiary/aromatic N) is 4. The van der Waals surface area contributed by atoms with Gasteiger partial charge in [-0.25, -0.2) is 9.97 Å². The molecule has 0 atom stereocenters. The molecule has 19 heavy (non-hydrogen) atoms. The lowest BCUT2D eigenvalue weighted by molar-refractivity contribution is -0.127. The molecule has 0 unspecified atom stereocenters. The predicted molar refractivity (Wildman–Crippen MR) is 73.5 cm³/mol. The first-order valence-electron chi connectivity index (χ1n) is 6.67. The first-order valence-corrected chi connectivity index (χ1v) is 7.04. The van der Waals surface area contributed by atoms with E-state index < -0.39 is 0 Å². The van der Waals surface area contributed by atoms with Crippen LogP contribution in [0.1, 0.15) is 31.0 Å². The average Bonchev–Trinajstić information content (AvgIpc) is 3.19. The van der Waals surface area contributed by atoms with Crippen LogP contribution < -0.4 is 4.90 Å². The summed E-state index contributed by atoms with van der Waals surface area (Å²) in [7, 11) is 1.84. The quantitative estimate of drug-likeness (QED) is 0.774. The van der Waals surface area contributed by atoms with Crippen molar-refractivity contribution >= 4 is 23.3 Å². The van der Waals surface area contributed by atoms with Crippen LogP contribution in [0.3, 0.4) is 0 Å². The molecular formula is C13H17ClN4O. The zero-order valence-electron chi connectivity index (χ0n) is 11.0. The Kier molecular flexibility index (Phi) is 3.31. The molecule has 2 aliphatic rings. The molecule has 102 valence electrons. The number of amides is 1. The highest BCUT2D eigenvalue weighted by atomic mass is 35.5. The number of anilines is 1. The van der Waals surface area contributed by atoms with Gasteiger partial charge in [0.1, 0.15) is 16.8 Å². The van der Waals surface area contributed by atoms with Gasteiger partial charge in [-0.05, 0) is 19.3 Å². The molecular weight excluding hydrogens is 264 g/mol. The second kappa shape index (κ2) is 4.96. The van der Waals surface area contributed by atoms with Gasteiger partial charge in [-0.1, -0.05) is 11.6 Å². The predicted octanol–water partition coefficient (Wildman–Crippen LogP) is 1.68. The van der Waals surface area contributed by atoms with E-state index >= 15 is 0 Å². The monoisotopic (exact) mass is 280 g/mol. The van der Waals surface area contributed by atoms with Crippen LogP contribution >= 0.6 is 11.6 Å². The molecule has 0 radical (unpaired) electrons. The van der Waals surface area contributed by atoms with Crippen LogP contribution in [0.25, 0.3) is 0 Å². The zero-order chi connectivity index (χ0) is 13.4. The van der Waals surface area contributed by atoms with Crippen LogP contribution in [0.4, 0.5) is 5.82 Å². The van der Waals surface area contributed by atoms with Crippen LogP contribution in [-0.4, -0.2) is 47.5 Å². The fraction of sp³-hybridized carbons (Fsp3) is 0.615. The van der Waals surface area contributed by atoms with E-state index in [1.54, 1.807) is 11.0 Å². The van der Waals surface area contributed by atoms with E-state index in [9.17, 15) is 4.79 Å². The third-order valence-corrected chi connectivity index (χ3v) is 3.83. The van der Waals surface area contributed by atoms with Crippen molar-refractivity contribution in [1.29, 1.82) is 0 Å².